The Hall–Kier alpha value is -2.40. The Kier molecular flexibility index (Phi) is 3.81. The van der Waals surface area contributed by atoms with Crippen LogP contribution in [0.3, 0.4) is 0 Å². The summed E-state index contributed by atoms with van der Waals surface area (Å²) in [6, 6.07) is 9.93. The molecule has 2 aromatic rings. The number of hydrogen-bond donors (Lipinski definition) is 0. The van der Waals surface area contributed by atoms with Gasteiger partial charge in [-0.05, 0) is 18.6 Å². The van der Waals surface area contributed by atoms with Crippen LogP contribution in [0.2, 0.25) is 0 Å². The smallest absolute Gasteiger partial charge is 0.357 e. The molecule has 2 heterocycles. The Morgan fingerprint density at radius 1 is 1.45 bits per heavy atom. The van der Waals surface area contributed by atoms with Gasteiger partial charge in [0.25, 0.3) is 0 Å². The molecule has 22 heavy (non-hydrogen) atoms. The minimum absolute atomic E-state index is 0.0106. The van der Waals surface area contributed by atoms with Gasteiger partial charge in [-0.2, -0.15) is 0 Å². The van der Waals surface area contributed by atoms with E-state index in [1.54, 1.807) is 12.4 Å². The molecule has 0 amide bonds. The molecule has 114 valence electrons. The first-order valence-electron chi connectivity index (χ1n) is 7.17. The molecule has 1 aromatic heterocycles. The second-order valence-electron chi connectivity index (χ2n) is 5.42. The van der Waals surface area contributed by atoms with E-state index in [0.717, 1.165) is 5.56 Å². The summed E-state index contributed by atoms with van der Waals surface area (Å²) in [5, 5.41) is 0. The average Bonchev–Trinajstić information content (AvgIpc) is 3.00. The molecule has 1 fully saturated rings. The number of carbonyl (C=O) groups is 1. The first-order chi connectivity index (χ1) is 10.7. The third kappa shape index (κ3) is 2.55. The van der Waals surface area contributed by atoms with Crippen molar-refractivity contribution in [3.05, 3.63) is 66.8 Å². The van der Waals surface area contributed by atoms with Crippen LogP contribution < -0.4 is 0 Å². The van der Waals surface area contributed by atoms with Gasteiger partial charge in [-0.3, -0.25) is 0 Å². The lowest BCUT2D eigenvalue weighted by molar-refractivity contribution is -0.152. The first kappa shape index (κ1) is 14.5. The molecular formula is C17H18N2O3. The standard InChI is InChI=1S/C17H18N2O3/c1-3-17(10-21-11-17)22-16(20)15-9-18-12-19(15)13(2)14-7-5-4-6-8-14/h3-9,12-13H,1,10-11H2,2H3. The highest BCUT2D eigenvalue weighted by Crippen LogP contribution is 2.26. The third-order valence-electron chi connectivity index (χ3n) is 3.94. The summed E-state index contributed by atoms with van der Waals surface area (Å²) in [6.45, 7) is 6.44. The zero-order valence-corrected chi connectivity index (χ0v) is 12.4. The van der Waals surface area contributed by atoms with Crippen LogP contribution in [0.5, 0.6) is 0 Å². The van der Waals surface area contributed by atoms with E-state index in [2.05, 4.69) is 11.6 Å². The van der Waals surface area contributed by atoms with Crippen LogP contribution in [-0.4, -0.2) is 34.3 Å². The summed E-state index contributed by atoms with van der Waals surface area (Å²) in [7, 11) is 0. The SMILES string of the molecule is C=CC1(OC(=O)c2cncn2C(C)c2ccccc2)COC1. The van der Waals surface area contributed by atoms with E-state index < -0.39 is 11.6 Å². The van der Waals surface area contributed by atoms with E-state index in [4.69, 9.17) is 9.47 Å². The number of ether oxygens (including phenoxy) is 2. The quantitative estimate of drug-likeness (QED) is 0.629. The molecule has 0 radical (unpaired) electrons. The van der Waals surface area contributed by atoms with Crippen LogP contribution in [0.25, 0.3) is 0 Å². The minimum Gasteiger partial charge on any atom is -0.445 e. The van der Waals surface area contributed by atoms with Crippen molar-refractivity contribution >= 4 is 5.97 Å². The lowest BCUT2D eigenvalue weighted by Gasteiger charge is -2.37. The molecule has 1 aliphatic rings. The predicted molar refractivity (Wildman–Crippen MR) is 81.6 cm³/mol. The molecule has 1 aliphatic heterocycles. The van der Waals surface area contributed by atoms with Crippen molar-refractivity contribution in [2.24, 2.45) is 0 Å². The fourth-order valence-electron chi connectivity index (χ4n) is 2.42. The molecular weight excluding hydrogens is 280 g/mol. The molecule has 5 heteroatoms. The molecule has 3 rings (SSSR count). The van der Waals surface area contributed by atoms with E-state index in [-0.39, 0.29) is 6.04 Å². The Morgan fingerprint density at radius 2 is 2.18 bits per heavy atom. The highest BCUT2D eigenvalue weighted by Gasteiger charge is 2.40. The molecule has 1 saturated heterocycles. The van der Waals surface area contributed by atoms with Gasteiger partial charge >= 0.3 is 5.97 Å². The van der Waals surface area contributed by atoms with Crippen molar-refractivity contribution in [1.82, 2.24) is 9.55 Å². The van der Waals surface area contributed by atoms with E-state index in [9.17, 15) is 4.79 Å². The number of carbonyl (C=O) groups excluding carboxylic acids is 1. The van der Waals surface area contributed by atoms with Gasteiger partial charge in [0, 0.05) is 0 Å². The van der Waals surface area contributed by atoms with Gasteiger partial charge in [0.15, 0.2) is 5.60 Å². The first-order valence-corrected chi connectivity index (χ1v) is 7.17. The van der Waals surface area contributed by atoms with E-state index in [1.165, 1.54) is 6.20 Å². The van der Waals surface area contributed by atoms with Gasteiger partial charge in [-0.25, -0.2) is 9.78 Å². The molecule has 0 aliphatic carbocycles. The number of benzene rings is 1. The topological polar surface area (TPSA) is 53.3 Å². The number of rotatable bonds is 5. The number of hydrogen-bond acceptors (Lipinski definition) is 4. The highest BCUT2D eigenvalue weighted by molar-refractivity contribution is 5.88. The van der Waals surface area contributed by atoms with Crippen molar-refractivity contribution in [1.29, 1.82) is 0 Å². The number of nitrogens with zero attached hydrogens (tertiary/aromatic N) is 2. The van der Waals surface area contributed by atoms with Gasteiger partial charge in [0.2, 0.25) is 0 Å². The lowest BCUT2D eigenvalue weighted by atomic mass is 10.0. The summed E-state index contributed by atoms with van der Waals surface area (Å²) in [5.74, 6) is -0.413. The van der Waals surface area contributed by atoms with E-state index in [1.807, 2.05) is 41.8 Å². The number of esters is 1. The van der Waals surface area contributed by atoms with Crippen molar-refractivity contribution < 1.29 is 14.3 Å². The molecule has 1 unspecified atom stereocenters. The van der Waals surface area contributed by atoms with Crippen LogP contribution in [0.1, 0.15) is 29.0 Å². The maximum Gasteiger partial charge on any atom is 0.357 e. The molecule has 0 bridgehead atoms. The third-order valence-corrected chi connectivity index (χ3v) is 3.94. The molecule has 1 atom stereocenters. The fourth-order valence-corrected chi connectivity index (χ4v) is 2.42. The Balaban J connectivity index is 1.83. The summed E-state index contributed by atoms with van der Waals surface area (Å²) in [6.07, 6.45) is 4.79. The fraction of sp³-hybridized carbons (Fsp3) is 0.294. The number of imidazole rings is 1. The molecule has 0 spiro atoms. The van der Waals surface area contributed by atoms with E-state index in [0.29, 0.717) is 18.9 Å². The van der Waals surface area contributed by atoms with Crippen molar-refractivity contribution in [3.63, 3.8) is 0 Å². The molecule has 1 aromatic carbocycles. The molecule has 5 nitrogen and oxygen atoms in total. The van der Waals surface area contributed by atoms with Gasteiger partial charge < -0.3 is 14.0 Å². The van der Waals surface area contributed by atoms with Gasteiger partial charge in [-0.15, -0.1) is 0 Å². The molecule has 0 saturated carbocycles. The van der Waals surface area contributed by atoms with Crippen LogP contribution in [0.15, 0.2) is 55.5 Å². The Labute approximate surface area is 129 Å². The monoisotopic (exact) mass is 298 g/mol. The van der Waals surface area contributed by atoms with Crippen LogP contribution in [0.4, 0.5) is 0 Å². The summed E-state index contributed by atoms with van der Waals surface area (Å²) in [4.78, 5) is 16.5. The summed E-state index contributed by atoms with van der Waals surface area (Å²) in [5.41, 5.74) is 0.812. The zero-order valence-electron chi connectivity index (χ0n) is 12.4. The zero-order chi connectivity index (χ0) is 15.6. The second kappa shape index (κ2) is 5.77. The maximum absolute atomic E-state index is 12.4. The van der Waals surface area contributed by atoms with Crippen molar-refractivity contribution in [2.45, 2.75) is 18.6 Å². The normalized spacial score (nSPS) is 17.3. The molecule has 0 N–H and O–H groups in total. The largest absolute Gasteiger partial charge is 0.445 e. The maximum atomic E-state index is 12.4. The summed E-state index contributed by atoms with van der Waals surface area (Å²) >= 11 is 0. The van der Waals surface area contributed by atoms with Gasteiger partial charge in [0.1, 0.15) is 5.69 Å². The summed E-state index contributed by atoms with van der Waals surface area (Å²) < 4.78 is 12.5. The second-order valence-corrected chi connectivity index (χ2v) is 5.42. The van der Waals surface area contributed by atoms with Crippen molar-refractivity contribution in [3.8, 4) is 0 Å². The predicted octanol–water partition coefficient (Wildman–Crippen LogP) is 2.60. The van der Waals surface area contributed by atoms with Gasteiger partial charge in [-0.1, -0.05) is 36.9 Å². The highest BCUT2D eigenvalue weighted by atomic mass is 16.6. The van der Waals surface area contributed by atoms with Crippen LogP contribution in [0, 0.1) is 0 Å². The van der Waals surface area contributed by atoms with Crippen molar-refractivity contribution in [2.75, 3.05) is 13.2 Å². The average molecular weight is 298 g/mol. The number of aromatic nitrogens is 2. The minimum atomic E-state index is -0.706. The van der Waals surface area contributed by atoms with Crippen LogP contribution in [-0.2, 0) is 9.47 Å². The Bertz CT molecular complexity index is 674. The van der Waals surface area contributed by atoms with Crippen LogP contribution >= 0.6 is 0 Å². The Morgan fingerprint density at radius 3 is 2.77 bits per heavy atom. The van der Waals surface area contributed by atoms with E-state index >= 15 is 0 Å². The van der Waals surface area contributed by atoms with Gasteiger partial charge in [0.05, 0.1) is 31.8 Å². The lowest BCUT2D eigenvalue weighted by Crippen LogP contribution is -2.51.